The normalized spacial score (nSPS) is 10.3. The standard InChI is InChI=1S/C14H15NO2S/c1-18-13-6-2-4-11(10-13)15-14(16)8-7-12-5-3-9-17-12/h2-6,9-10H,7-8H2,1H3,(H,15,16). The van der Waals surface area contributed by atoms with Crippen molar-refractivity contribution in [2.45, 2.75) is 17.7 Å². The third-order valence-corrected chi connectivity index (χ3v) is 3.26. The Morgan fingerprint density at radius 2 is 2.22 bits per heavy atom. The molecule has 4 heteroatoms. The Bertz CT molecular complexity index is 508. The van der Waals surface area contributed by atoms with Crippen molar-refractivity contribution in [1.82, 2.24) is 0 Å². The van der Waals surface area contributed by atoms with Gasteiger partial charge in [0.2, 0.25) is 5.91 Å². The van der Waals surface area contributed by atoms with Crippen molar-refractivity contribution in [1.29, 1.82) is 0 Å². The molecular weight excluding hydrogens is 246 g/mol. The molecule has 0 unspecified atom stereocenters. The van der Waals surface area contributed by atoms with Gasteiger partial charge >= 0.3 is 0 Å². The monoisotopic (exact) mass is 261 g/mol. The van der Waals surface area contributed by atoms with E-state index in [2.05, 4.69) is 5.32 Å². The van der Waals surface area contributed by atoms with E-state index in [0.29, 0.717) is 12.8 Å². The maximum absolute atomic E-state index is 11.7. The lowest BCUT2D eigenvalue weighted by Crippen LogP contribution is -2.12. The van der Waals surface area contributed by atoms with E-state index < -0.39 is 0 Å². The van der Waals surface area contributed by atoms with E-state index in [9.17, 15) is 4.79 Å². The van der Waals surface area contributed by atoms with Crippen molar-refractivity contribution in [3.05, 3.63) is 48.4 Å². The lowest BCUT2D eigenvalue weighted by atomic mass is 10.2. The summed E-state index contributed by atoms with van der Waals surface area (Å²) in [7, 11) is 0. The zero-order valence-electron chi connectivity index (χ0n) is 10.2. The van der Waals surface area contributed by atoms with E-state index in [1.807, 2.05) is 42.7 Å². The summed E-state index contributed by atoms with van der Waals surface area (Å²) in [4.78, 5) is 12.9. The summed E-state index contributed by atoms with van der Waals surface area (Å²) >= 11 is 1.66. The highest BCUT2D eigenvalue weighted by Gasteiger charge is 2.04. The smallest absolute Gasteiger partial charge is 0.224 e. The number of anilines is 1. The van der Waals surface area contributed by atoms with Gasteiger partial charge in [-0.3, -0.25) is 4.79 Å². The van der Waals surface area contributed by atoms with Crippen LogP contribution in [0, 0.1) is 0 Å². The van der Waals surface area contributed by atoms with Gasteiger partial charge in [-0.25, -0.2) is 0 Å². The molecule has 3 nitrogen and oxygen atoms in total. The number of thioether (sulfide) groups is 1. The first-order chi connectivity index (χ1) is 8.78. The number of carbonyl (C=O) groups excluding carboxylic acids is 1. The van der Waals surface area contributed by atoms with Crippen LogP contribution in [-0.2, 0) is 11.2 Å². The van der Waals surface area contributed by atoms with E-state index >= 15 is 0 Å². The molecule has 18 heavy (non-hydrogen) atoms. The zero-order chi connectivity index (χ0) is 12.8. The molecule has 2 rings (SSSR count). The number of aryl methyl sites for hydroxylation is 1. The number of benzene rings is 1. The van der Waals surface area contributed by atoms with E-state index in [0.717, 1.165) is 16.3 Å². The fraction of sp³-hybridized carbons (Fsp3) is 0.214. The van der Waals surface area contributed by atoms with Crippen molar-refractivity contribution >= 4 is 23.4 Å². The van der Waals surface area contributed by atoms with Crippen LogP contribution in [0.1, 0.15) is 12.2 Å². The number of amides is 1. The van der Waals surface area contributed by atoms with Crippen LogP contribution < -0.4 is 5.32 Å². The van der Waals surface area contributed by atoms with Crippen LogP contribution in [-0.4, -0.2) is 12.2 Å². The molecule has 0 saturated carbocycles. The molecule has 1 heterocycles. The summed E-state index contributed by atoms with van der Waals surface area (Å²) in [6, 6.07) is 11.5. The fourth-order valence-corrected chi connectivity index (χ4v) is 2.08. The maximum Gasteiger partial charge on any atom is 0.224 e. The average molecular weight is 261 g/mol. The van der Waals surface area contributed by atoms with Gasteiger partial charge in [0, 0.05) is 23.4 Å². The van der Waals surface area contributed by atoms with E-state index in [-0.39, 0.29) is 5.91 Å². The minimum atomic E-state index is 0.00431. The van der Waals surface area contributed by atoms with Crippen LogP contribution in [0.4, 0.5) is 5.69 Å². The summed E-state index contributed by atoms with van der Waals surface area (Å²) in [5, 5.41) is 2.89. The summed E-state index contributed by atoms with van der Waals surface area (Å²) in [5.41, 5.74) is 0.839. The number of rotatable bonds is 5. The van der Waals surface area contributed by atoms with Gasteiger partial charge in [-0.1, -0.05) is 6.07 Å². The van der Waals surface area contributed by atoms with Crippen molar-refractivity contribution in [3.8, 4) is 0 Å². The molecular formula is C14H15NO2S. The van der Waals surface area contributed by atoms with Crippen molar-refractivity contribution in [2.24, 2.45) is 0 Å². The molecule has 1 aromatic carbocycles. The van der Waals surface area contributed by atoms with Gasteiger partial charge in [0.25, 0.3) is 0 Å². The lowest BCUT2D eigenvalue weighted by Gasteiger charge is -2.05. The molecule has 0 fully saturated rings. The Morgan fingerprint density at radius 3 is 2.94 bits per heavy atom. The van der Waals surface area contributed by atoms with Crippen LogP contribution in [0.3, 0.4) is 0 Å². The highest BCUT2D eigenvalue weighted by Crippen LogP contribution is 2.19. The molecule has 2 aromatic rings. The molecule has 0 aliphatic rings. The van der Waals surface area contributed by atoms with Crippen molar-refractivity contribution < 1.29 is 9.21 Å². The maximum atomic E-state index is 11.7. The largest absolute Gasteiger partial charge is 0.469 e. The van der Waals surface area contributed by atoms with Gasteiger partial charge in [-0.15, -0.1) is 11.8 Å². The molecule has 1 amide bonds. The zero-order valence-corrected chi connectivity index (χ0v) is 11.0. The van der Waals surface area contributed by atoms with Crippen LogP contribution in [0.5, 0.6) is 0 Å². The Hall–Kier alpha value is -1.68. The SMILES string of the molecule is CSc1cccc(NC(=O)CCc2ccco2)c1. The van der Waals surface area contributed by atoms with Crippen LogP contribution in [0.2, 0.25) is 0 Å². The Balaban J connectivity index is 1.86. The minimum Gasteiger partial charge on any atom is -0.469 e. The molecule has 0 saturated heterocycles. The Morgan fingerprint density at radius 1 is 1.33 bits per heavy atom. The van der Waals surface area contributed by atoms with Gasteiger partial charge in [-0.05, 0) is 36.6 Å². The van der Waals surface area contributed by atoms with Gasteiger partial charge in [0.15, 0.2) is 0 Å². The van der Waals surface area contributed by atoms with E-state index in [1.54, 1.807) is 18.0 Å². The molecule has 0 aliphatic heterocycles. The van der Waals surface area contributed by atoms with E-state index in [1.165, 1.54) is 0 Å². The Kier molecular flexibility index (Phi) is 4.47. The molecule has 94 valence electrons. The molecule has 0 radical (unpaired) electrons. The molecule has 0 spiro atoms. The van der Waals surface area contributed by atoms with Gasteiger partial charge < -0.3 is 9.73 Å². The van der Waals surface area contributed by atoms with Crippen molar-refractivity contribution in [3.63, 3.8) is 0 Å². The van der Waals surface area contributed by atoms with Gasteiger partial charge in [0.05, 0.1) is 6.26 Å². The second-order valence-electron chi connectivity index (χ2n) is 3.86. The first-order valence-electron chi connectivity index (χ1n) is 5.74. The van der Waals surface area contributed by atoms with Crippen LogP contribution >= 0.6 is 11.8 Å². The second kappa shape index (κ2) is 6.31. The number of hydrogen-bond donors (Lipinski definition) is 1. The highest BCUT2D eigenvalue weighted by molar-refractivity contribution is 7.98. The first kappa shape index (κ1) is 12.8. The third-order valence-electron chi connectivity index (χ3n) is 2.53. The highest BCUT2D eigenvalue weighted by atomic mass is 32.2. The molecule has 0 atom stereocenters. The molecule has 0 aliphatic carbocycles. The summed E-state index contributed by atoms with van der Waals surface area (Å²) in [6.07, 6.45) is 4.69. The number of carbonyl (C=O) groups is 1. The lowest BCUT2D eigenvalue weighted by molar-refractivity contribution is -0.116. The van der Waals surface area contributed by atoms with Crippen LogP contribution in [0.25, 0.3) is 0 Å². The average Bonchev–Trinajstić information content (AvgIpc) is 2.90. The quantitative estimate of drug-likeness (QED) is 0.837. The first-order valence-corrected chi connectivity index (χ1v) is 6.96. The predicted octanol–water partition coefficient (Wildman–Crippen LogP) is 3.57. The summed E-state index contributed by atoms with van der Waals surface area (Å²) < 4.78 is 5.19. The fourth-order valence-electron chi connectivity index (χ4n) is 1.62. The number of hydrogen-bond acceptors (Lipinski definition) is 3. The number of nitrogens with one attached hydrogen (secondary N) is 1. The Labute approximate surface area is 111 Å². The topological polar surface area (TPSA) is 42.2 Å². The minimum absolute atomic E-state index is 0.00431. The van der Waals surface area contributed by atoms with Crippen LogP contribution in [0.15, 0.2) is 52.0 Å². The summed E-state index contributed by atoms with van der Waals surface area (Å²) in [6.45, 7) is 0. The van der Waals surface area contributed by atoms with Crippen molar-refractivity contribution in [2.75, 3.05) is 11.6 Å². The summed E-state index contributed by atoms with van der Waals surface area (Å²) in [5.74, 6) is 0.840. The van der Waals surface area contributed by atoms with E-state index in [4.69, 9.17) is 4.42 Å². The molecule has 0 bridgehead atoms. The van der Waals surface area contributed by atoms with Gasteiger partial charge in [0.1, 0.15) is 5.76 Å². The second-order valence-corrected chi connectivity index (χ2v) is 4.74. The van der Waals surface area contributed by atoms with Gasteiger partial charge in [-0.2, -0.15) is 0 Å². The number of furan rings is 1. The third kappa shape index (κ3) is 3.67. The predicted molar refractivity (Wildman–Crippen MR) is 73.9 cm³/mol. The molecule has 1 aromatic heterocycles. The molecule has 1 N–H and O–H groups in total.